The van der Waals surface area contributed by atoms with E-state index in [-0.39, 0.29) is 6.03 Å². The van der Waals surface area contributed by atoms with Crippen LogP contribution in [0, 0.1) is 20.8 Å². The van der Waals surface area contributed by atoms with Crippen molar-refractivity contribution in [1.29, 1.82) is 0 Å². The summed E-state index contributed by atoms with van der Waals surface area (Å²) in [6, 6.07) is -0.341. The van der Waals surface area contributed by atoms with E-state index in [2.05, 4.69) is 20.8 Å². The van der Waals surface area contributed by atoms with E-state index in [1.54, 1.807) is 20.8 Å². The summed E-state index contributed by atoms with van der Waals surface area (Å²) in [4.78, 5) is 15.7. The summed E-state index contributed by atoms with van der Waals surface area (Å²) in [7, 11) is 0. The quantitative estimate of drug-likeness (QED) is 0.867. The van der Waals surface area contributed by atoms with Gasteiger partial charge in [0, 0.05) is 0 Å². The number of urea groups is 1. The molecule has 2 aromatic rings. The van der Waals surface area contributed by atoms with Crippen molar-refractivity contribution in [1.82, 2.24) is 15.5 Å². The zero-order valence-corrected chi connectivity index (χ0v) is 10.4. The van der Waals surface area contributed by atoms with Crippen LogP contribution in [0.2, 0.25) is 0 Å². The summed E-state index contributed by atoms with van der Waals surface area (Å²) < 4.78 is 9.98. The first-order chi connectivity index (χ1) is 8.58. The minimum absolute atomic E-state index is 0.303. The molecule has 0 aliphatic heterocycles. The molecule has 0 fully saturated rings. The minimum atomic E-state index is -0.341. The first-order valence-corrected chi connectivity index (χ1v) is 5.44. The fraction of sp³-hybridized carbons (Fsp3) is 0.364. The van der Waals surface area contributed by atoms with E-state index in [4.69, 9.17) is 8.94 Å². The summed E-state index contributed by atoms with van der Waals surface area (Å²) in [5.41, 5.74) is 1.92. The standard InChI is InChI=1S/C11H14N4O3/c1-6-10(8(3)18-15-6)14-11(16)12-4-9-7(2)17-5-13-9/h5H,4H2,1-3H3,(H2,12,14,16). The third kappa shape index (κ3) is 2.50. The van der Waals surface area contributed by atoms with Gasteiger partial charge in [-0.2, -0.15) is 0 Å². The highest BCUT2D eigenvalue weighted by Crippen LogP contribution is 2.18. The molecular weight excluding hydrogens is 236 g/mol. The SMILES string of the molecule is Cc1noc(C)c1NC(=O)NCc1ncoc1C. The number of nitrogens with one attached hydrogen (secondary N) is 2. The predicted octanol–water partition coefficient (Wildman–Crippen LogP) is 1.91. The van der Waals surface area contributed by atoms with Gasteiger partial charge in [0.05, 0.1) is 6.54 Å². The van der Waals surface area contributed by atoms with Crippen molar-refractivity contribution >= 4 is 11.7 Å². The first kappa shape index (κ1) is 12.2. The maximum Gasteiger partial charge on any atom is 0.319 e. The first-order valence-electron chi connectivity index (χ1n) is 5.44. The third-order valence-corrected chi connectivity index (χ3v) is 2.53. The van der Waals surface area contributed by atoms with Gasteiger partial charge >= 0.3 is 6.03 Å². The van der Waals surface area contributed by atoms with Crippen molar-refractivity contribution in [2.45, 2.75) is 27.3 Å². The maximum absolute atomic E-state index is 11.7. The van der Waals surface area contributed by atoms with Gasteiger partial charge in [0.1, 0.15) is 22.8 Å². The number of anilines is 1. The van der Waals surface area contributed by atoms with E-state index in [1.807, 2.05) is 0 Å². The molecule has 2 rings (SSSR count). The fourth-order valence-electron chi connectivity index (χ4n) is 1.48. The number of oxazole rings is 1. The van der Waals surface area contributed by atoms with Crippen LogP contribution < -0.4 is 10.6 Å². The molecule has 2 amide bonds. The van der Waals surface area contributed by atoms with Crippen molar-refractivity contribution in [3.63, 3.8) is 0 Å². The van der Waals surface area contributed by atoms with E-state index < -0.39 is 0 Å². The van der Waals surface area contributed by atoms with Crippen molar-refractivity contribution in [2.75, 3.05) is 5.32 Å². The van der Waals surface area contributed by atoms with Gasteiger partial charge in [0.15, 0.2) is 12.2 Å². The summed E-state index contributed by atoms with van der Waals surface area (Å²) in [5.74, 6) is 1.26. The molecule has 0 saturated heterocycles. The number of rotatable bonds is 3. The molecule has 7 nitrogen and oxygen atoms in total. The Morgan fingerprint density at radius 3 is 2.67 bits per heavy atom. The monoisotopic (exact) mass is 250 g/mol. The lowest BCUT2D eigenvalue weighted by molar-refractivity contribution is 0.251. The van der Waals surface area contributed by atoms with Gasteiger partial charge in [-0.15, -0.1) is 0 Å². The second kappa shape index (κ2) is 4.91. The van der Waals surface area contributed by atoms with E-state index in [1.165, 1.54) is 6.39 Å². The lowest BCUT2D eigenvalue weighted by Gasteiger charge is -2.05. The Morgan fingerprint density at radius 2 is 2.11 bits per heavy atom. The second-order valence-electron chi connectivity index (χ2n) is 3.86. The Kier molecular flexibility index (Phi) is 3.31. The Labute approximate surface area is 104 Å². The summed E-state index contributed by atoms with van der Waals surface area (Å²) in [6.45, 7) is 5.58. The molecule has 7 heteroatoms. The van der Waals surface area contributed by atoms with Gasteiger partial charge in [-0.1, -0.05) is 5.16 Å². The molecule has 0 aliphatic rings. The van der Waals surface area contributed by atoms with Crippen LogP contribution in [0.4, 0.5) is 10.5 Å². The summed E-state index contributed by atoms with van der Waals surface area (Å²) in [5, 5.41) is 9.10. The highest BCUT2D eigenvalue weighted by Gasteiger charge is 2.12. The lowest BCUT2D eigenvalue weighted by Crippen LogP contribution is -2.28. The van der Waals surface area contributed by atoms with Crippen LogP contribution in [0.15, 0.2) is 15.3 Å². The smallest absolute Gasteiger partial charge is 0.319 e. The van der Waals surface area contributed by atoms with Gasteiger partial charge in [0.25, 0.3) is 0 Å². The van der Waals surface area contributed by atoms with Gasteiger partial charge in [-0.25, -0.2) is 9.78 Å². The van der Waals surface area contributed by atoms with Crippen molar-refractivity contribution in [3.8, 4) is 0 Å². The number of aryl methyl sites for hydroxylation is 3. The molecule has 0 spiro atoms. The van der Waals surface area contributed by atoms with E-state index in [9.17, 15) is 4.79 Å². The molecule has 96 valence electrons. The van der Waals surface area contributed by atoms with Crippen molar-refractivity contribution in [3.05, 3.63) is 29.3 Å². The predicted molar refractivity (Wildman–Crippen MR) is 63.1 cm³/mol. The van der Waals surface area contributed by atoms with E-state index in [0.29, 0.717) is 35.1 Å². The van der Waals surface area contributed by atoms with Crippen LogP contribution in [0.5, 0.6) is 0 Å². The van der Waals surface area contributed by atoms with Gasteiger partial charge < -0.3 is 19.6 Å². The van der Waals surface area contributed by atoms with Crippen LogP contribution >= 0.6 is 0 Å². The summed E-state index contributed by atoms with van der Waals surface area (Å²) >= 11 is 0. The van der Waals surface area contributed by atoms with Crippen LogP contribution in [-0.2, 0) is 6.54 Å². The Hall–Kier alpha value is -2.31. The molecule has 2 N–H and O–H groups in total. The van der Waals surface area contributed by atoms with Gasteiger partial charge in [0.2, 0.25) is 0 Å². The largest absolute Gasteiger partial charge is 0.448 e. The fourth-order valence-corrected chi connectivity index (χ4v) is 1.48. The number of hydrogen-bond acceptors (Lipinski definition) is 5. The molecule has 2 heterocycles. The molecule has 0 aliphatic carbocycles. The third-order valence-electron chi connectivity index (χ3n) is 2.53. The summed E-state index contributed by atoms with van der Waals surface area (Å²) in [6.07, 6.45) is 1.35. The highest BCUT2D eigenvalue weighted by molar-refractivity contribution is 5.90. The average molecular weight is 250 g/mol. The minimum Gasteiger partial charge on any atom is -0.448 e. The molecule has 0 atom stereocenters. The van der Waals surface area contributed by atoms with E-state index >= 15 is 0 Å². The van der Waals surface area contributed by atoms with Crippen LogP contribution in [0.3, 0.4) is 0 Å². The van der Waals surface area contributed by atoms with Gasteiger partial charge in [-0.05, 0) is 20.8 Å². The topological polar surface area (TPSA) is 93.2 Å². The second-order valence-corrected chi connectivity index (χ2v) is 3.86. The van der Waals surface area contributed by atoms with Gasteiger partial charge in [-0.3, -0.25) is 0 Å². The normalized spacial score (nSPS) is 10.4. The van der Waals surface area contributed by atoms with Crippen LogP contribution in [0.25, 0.3) is 0 Å². The van der Waals surface area contributed by atoms with Crippen LogP contribution in [0.1, 0.15) is 22.9 Å². The number of hydrogen-bond donors (Lipinski definition) is 2. The average Bonchev–Trinajstić information content (AvgIpc) is 2.87. The molecular formula is C11H14N4O3. The van der Waals surface area contributed by atoms with Crippen LogP contribution in [-0.4, -0.2) is 16.2 Å². The van der Waals surface area contributed by atoms with Crippen molar-refractivity contribution in [2.24, 2.45) is 0 Å². The Bertz CT molecular complexity index is 539. The molecule has 2 aromatic heterocycles. The van der Waals surface area contributed by atoms with Crippen molar-refractivity contribution < 1.29 is 13.7 Å². The highest BCUT2D eigenvalue weighted by atomic mass is 16.5. The van der Waals surface area contributed by atoms with E-state index in [0.717, 1.165) is 0 Å². The maximum atomic E-state index is 11.7. The molecule has 0 unspecified atom stereocenters. The Morgan fingerprint density at radius 1 is 1.33 bits per heavy atom. The Balaban J connectivity index is 1.92. The molecule has 0 saturated carbocycles. The zero-order valence-electron chi connectivity index (χ0n) is 10.4. The zero-order chi connectivity index (χ0) is 13.1. The molecule has 0 aromatic carbocycles. The molecule has 18 heavy (non-hydrogen) atoms. The number of carbonyl (C=O) groups is 1. The number of nitrogens with zero attached hydrogens (tertiary/aromatic N) is 2. The number of aromatic nitrogens is 2. The lowest BCUT2D eigenvalue weighted by atomic mass is 10.3. The number of carbonyl (C=O) groups excluding carboxylic acids is 1. The molecule has 0 bridgehead atoms. The molecule has 0 radical (unpaired) electrons. The number of amides is 2.